The lowest BCUT2D eigenvalue weighted by Crippen LogP contribution is -2.02. The van der Waals surface area contributed by atoms with Gasteiger partial charge in [0.1, 0.15) is 0 Å². The third-order valence-corrected chi connectivity index (χ3v) is 2.75. The van der Waals surface area contributed by atoms with Crippen molar-refractivity contribution in [2.45, 2.75) is 6.92 Å². The lowest BCUT2D eigenvalue weighted by Gasteiger charge is -2.06. The Balaban J connectivity index is 2.27. The van der Waals surface area contributed by atoms with Gasteiger partial charge in [-0.25, -0.2) is 9.67 Å². The van der Waals surface area contributed by atoms with Crippen LogP contribution in [0.2, 0.25) is 0 Å². The molecule has 0 saturated carbocycles. The van der Waals surface area contributed by atoms with Crippen LogP contribution in [0.15, 0.2) is 42.7 Å². The van der Waals surface area contributed by atoms with E-state index in [2.05, 4.69) is 10.1 Å². The number of hydrogen-bond donors (Lipinski definition) is 1. The number of para-hydroxylation sites is 1. The molecule has 2 aromatic heterocycles. The van der Waals surface area contributed by atoms with E-state index < -0.39 is 0 Å². The number of hydrogen-bond acceptors (Lipinski definition) is 3. The third-order valence-electron chi connectivity index (χ3n) is 2.75. The molecule has 84 valence electrons. The number of fused-ring (bicyclic) bond motifs is 1. The fourth-order valence-electron chi connectivity index (χ4n) is 1.95. The van der Waals surface area contributed by atoms with E-state index in [0.717, 1.165) is 22.3 Å². The molecule has 2 N–H and O–H groups in total. The van der Waals surface area contributed by atoms with Crippen LogP contribution >= 0.6 is 0 Å². The number of pyridine rings is 1. The van der Waals surface area contributed by atoms with Gasteiger partial charge in [0, 0.05) is 5.39 Å². The van der Waals surface area contributed by atoms with Crippen molar-refractivity contribution in [2.24, 2.45) is 0 Å². The van der Waals surface area contributed by atoms with Crippen molar-refractivity contribution in [3.8, 4) is 5.82 Å². The smallest absolute Gasteiger partial charge is 0.157 e. The monoisotopic (exact) mass is 224 g/mol. The van der Waals surface area contributed by atoms with E-state index in [1.807, 2.05) is 48.1 Å². The second-order valence-corrected chi connectivity index (χ2v) is 4.02. The van der Waals surface area contributed by atoms with Crippen molar-refractivity contribution >= 4 is 16.6 Å². The Morgan fingerprint density at radius 2 is 2.00 bits per heavy atom. The van der Waals surface area contributed by atoms with Crippen LogP contribution in [0, 0.1) is 6.92 Å². The molecule has 0 fully saturated rings. The minimum atomic E-state index is 0.669. The van der Waals surface area contributed by atoms with Crippen LogP contribution in [0.1, 0.15) is 5.56 Å². The average molecular weight is 224 g/mol. The van der Waals surface area contributed by atoms with E-state index in [-0.39, 0.29) is 0 Å². The Hall–Kier alpha value is -2.36. The first-order valence-corrected chi connectivity index (χ1v) is 5.41. The van der Waals surface area contributed by atoms with Gasteiger partial charge in [0.25, 0.3) is 0 Å². The quantitative estimate of drug-likeness (QED) is 0.690. The molecular weight excluding hydrogens is 212 g/mol. The van der Waals surface area contributed by atoms with Gasteiger partial charge in [0.2, 0.25) is 0 Å². The van der Waals surface area contributed by atoms with E-state index in [1.54, 1.807) is 6.20 Å². The van der Waals surface area contributed by atoms with Gasteiger partial charge in [-0.2, -0.15) is 5.10 Å². The number of aromatic nitrogens is 3. The summed E-state index contributed by atoms with van der Waals surface area (Å²) in [6, 6.07) is 9.95. The summed E-state index contributed by atoms with van der Waals surface area (Å²) in [5.41, 5.74) is 8.43. The molecule has 0 spiro atoms. The standard InChI is InChI=1S/C13H12N4/c1-9-6-11(14)8-15-13(9)17-12-5-3-2-4-10(12)7-16-17/h2-8H,14H2,1H3. The predicted molar refractivity (Wildman–Crippen MR) is 68.0 cm³/mol. The van der Waals surface area contributed by atoms with Crippen LogP contribution in [-0.2, 0) is 0 Å². The maximum atomic E-state index is 5.70. The highest BCUT2D eigenvalue weighted by molar-refractivity contribution is 5.80. The van der Waals surface area contributed by atoms with Gasteiger partial charge in [-0.3, -0.25) is 0 Å². The topological polar surface area (TPSA) is 56.7 Å². The fraction of sp³-hybridized carbons (Fsp3) is 0.0769. The summed E-state index contributed by atoms with van der Waals surface area (Å²) >= 11 is 0. The third kappa shape index (κ3) is 1.54. The number of rotatable bonds is 1. The zero-order valence-corrected chi connectivity index (χ0v) is 9.46. The van der Waals surface area contributed by atoms with Crippen molar-refractivity contribution in [2.75, 3.05) is 5.73 Å². The van der Waals surface area contributed by atoms with E-state index in [1.165, 1.54) is 0 Å². The molecule has 0 aliphatic heterocycles. The van der Waals surface area contributed by atoms with Crippen LogP contribution < -0.4 is 5.73 Å². The maximum Gasteiger partial charge on any atom is 0.157 e. The first-order chi connectivity index (χ1) is 8.25. The van der Waals surface area contributed by atoms with Gasteiger partial charge in [-0.05, 0) is 24.6 Å². The highest BCUT2D eigenvalue weighted by Crippen LogP contribution is 2.19. The van der Waals surface area contributed by atoms with Gasteiger partial charge in [0.15, 0.2) is 5.82 Å². The molecular formula is C13H12N4. The summed E-state index contributed by atoms with van der Waals surface area (Å²) in [6.45, 7) is 1.98. The molecule has 1 aromatic carbocycles. The Morgan fingerprint density at radius 3 is 2.82 bits per heavy atom. The van der Waals surface area contributed by atoms with Crippen LogP contribution in [0.3, 0.4) is 0 Å². The molecule has 3 rings (SSSR count). The summed E-state index contributed by atoms with van der Waals surface area (Å²) in [4.78, 5) is 4.35. The van der Waals surface area contributed by atoms with E-state index >= 15 is 0 Å². The molecule has 0 aliphatic carbocycles. The lowest BCUT2D eigenvalue weighted by molar-refractivity contribution is 0.865. The largest absolute Gasteiger partial charge is 0.397 e. The van der Waals surface area contributed by atoms with Gasteiger partial charge in [0.05, 0.1) is 23.6 Å². The molecule has 4 nitrogen and oxygen atoms in total. The number of benzene rings is 1. The first kappa shape index (κ1) is 9.84. The van der Waals surface area contributed by atoms with Gasteiger partial charge in [-0.1, -0.05) is 18.2 Å². The minimum Gasteiger partial charge on any atom is -0.397 e. The molecule has 0 radical (unpaired) electrons. The summed E-state index contributed by atoms with van der Waals surface area (Å²) in [6.07, 6.45) is 3.49. The number of aryl methyl sites for hydroxylation is 1. The highest BCUT2D eigenvalue weighted by Gasteiger charge is 2.07. The zero-order valence-electron chi connectivity index (χ0n) is 9.46. The van der Waals surface area contributed by atoms with Crippen molar-refractivity contribution < 1.29 is 0 Å². The van der Waals surface area contributed by atoms with Crippen molar-refractivity contribution in [3.05, 3.63) is 48.3 Å². The van der Waals surface area contributed by atoms with Crippen molar-refractivity contribution in [1.29, 1.82) is 0 Å². The SMILES string of the molecule is Cc1cc(N)cnc1-n1ncc2ccccc21. The van der Waals surface area contributed by atoms with Gasteiger partial charge < -0.3 is 5.73 Å². The second kappa shape index (κ2) is 3.59. The average Bonchev–Trinajstić information content (AvgIpc) is 2.73. The van der Waals surface area contributed by atoms with E-state index in [4.69, 9.17) is 5.73 Å². The van der Waals surface area contributed by atoms with Crippen molar-refractivity contribution in [1.82, 2.24) is 14.8 Å². The molecule has 0 atom stereocenters. The normalized spacial score (nSPS) is 10.9. The van der Waals surface area contributed by atoms with Crippen LogP contribution in [0.5, 0.6) is 0 Å². The molecule has 2 heterocycles. The summed E-state index contributed by atoms with van der Waals surface area (Å²) in [5, 5.41) is 5.47. The zero-order chi connectivity index (χ0) is 11.8. The molecule has 17 heavy (non-hydrogen) atoms. The number of nitrogens with two attached hydrogens (primary N) is 1. The first-order valence-electron chi connectivity index (χ1n) is 5.41. The maximum absolute atomic E-state index is 5.70. The minimum absolute atomic E-state index is 0.669. The molecule has 0 saturated heterocycles. The number of anilines is 1. The summed E-state index contributed by atoms with van der Waals surface area (Å²) < 4.78 is 1.84. The Bertz CT molecular complexity index is 685. The Labute approximate surface area is 98.7 Å². The Kier molecular flexibility index (Phi) is 2.08. The fourth-order valence-corrected chi connectivity index (χ4v) is 1.95. The summed E-state index contributed by atoms with van der Waals surface area (Å²) in [5.74, 6) is 0.820. The Morgan fingerprint density at radius 1 is 1.18 bits per heavy atom. The molecule has 0 unspecified atom stereocenters. The summed E-state index contributed by atoms with van der Waals surface area (Å²) in [7, 11) is 0. The molecule has 3 aromatic rings. The highest BCUT2D eigenvalue weighted by atomic mass is 15.3. The molecule has 0 aliphatic rings. The lowest BCUT2D eigenvalue weighted by atomic mass is 10.2. The van der Waals surface area contributed by atoms with E-state index in [0.29, 0.717) is 5.69 Å². The van der Waals surface area contributed by atoms with Crippen molar-refractivity contribution in [3.63, 3.8) is 0 Å². The molecule has 0 bridgehead atoms. The van der Waals surface area contributed by atoms with Crippen LogP contribution in [-0.4, -0.2) is 14.8 Å². The van der Waals surface area contributed by atoms with Gasteiger partial charge >= 0.3 is 0 Å². The molecule has 0 amide bonds. The molecule has 4 heteroatoms. The van der Waals surface area contributed by atoms with Gasteiger partial charge in [-0.15, -0.1) is 0 Å². The predicted octanol–water partition coefficient (Wildman–Crippen LogP) is 2.31. The van der Waals surface area contributed by atoms with E-state index in [9.17, 15) is 0 Å². The van der Waals surface area contributed by atoms with Crippen LogP contribution in [0.25, 0.3) is 16.7 Å². The number of nitrogen functional groups attached to an aromatic ring is 1. The second-order valence-electron chi connectivity index (χ2n) is 4.02. The van der Waals surface area contributed by atoms with Crippen LogP contribution in [0.4, 0.5) is 5.69 Å². The number of nitrogens with zero attached hydrogens (tertiary/aromatic N) is 3.